The molecule has 3 nitrogen and oxygen atoms in total. The van der Waals surface area contributed by atoms with E-state index in [9.17, 15) is 4.79 Å². The molecule has 1 amide bonds. The van der Waals surface area contributed by atoms with E-state index in [1.165, 1.54) is 12.8 Å². The molecule has 4 heteroatoms. The van der Waals surface area contributed by atoms with Crippen LogP contribution >= 0.6 is 15.9 Å². The van der Waals surface area contributed by atoms with E-state index in [4.69, 9.17) is 0 Å². The average Bonchev–Trinajstić information content (AvgIpc) is 3.00. The molecule has 0 bridgehead atoms. The first-order valence-electron chi connectivity index (χ1n) is 7.44. The highest BCUT2D eigenvalue weighted by atomic mass is 79.9. The Labute approximate surface area is 133 Å². The maximum absolute atomic E-state index is 12.0. The molecule has 1 aliphatic carbocycles. The van der Waals surface area contributed by atoms with Gasteiger partial charge in [0.15, 0.2) is 0 Å². The molecule has 2 aromatic rings. The van der Waals surface area contributed by atoms with E-state index >= 15 is 0 Å². The number of rotatable bonds is 4. The van der Waals surface area contributed by atoms with Crippen LogP contribution in [0.5, 0.6) is 0 Å². The number of carbonyl (C=O) groups is 1. The highest BCUT2D eigenvalue weighted by Crippen LogP contribution is 2.29. The van der Waals surface area contributed by atoms with E-state index in [-0.39, 0.29) is 5.91 Å². The maximum atomic E-state index is 12.0. The normalized spacial score (nSPS) is 15.3. The number of hydrogen-bond donors (Lipinski definition) is 2. The van der Waals surface area contributed by atoms with E-state index in [1.807, 2.05) is 24.3 Å². The van der Waals surface area contributed by atoms with Gasteiger partial charge in [-0.15, -0.1) is 0 Å². The first kappa shape index (κ1) is 14.4. The van der Waals surface area contributed by atoms with Crippen molar-refractivity contribution in [1.82, 2.24) is 5.32 Å². The van der Waals surface area contributed by atoms with E-state index in [1.54, 1.807) is 0 Å². The summed E-state index contributed by atoms with van der Waals surface area (Å²) in [5, 5.41) is 8.63. The summed E-state index contributed by atoms with van der Waals surface area (Å²) < 4.78 is 1.07. The van der Waals surface area contributed by atoms with Crippen molar-refractivity contribution in [2.45, 2.75) is 31.7 Å². The van der Waals surface area contributed by atoms with Crippen LogP contribution in [0.1, 0.15) is 25.7 Å². The molecule has 2 aromatic carbocycles. The lowest BCUT2D eigenvalue weighted by Gasteiger charge is -2.14. The van der Waals surface area contributed by atoms with Gasteiger partial charge >= 0.3 is 0 Å². The van der Waals surface area contributed by atoms with Gasteiger partial charge in [0.2, 0.25) is 5.91 Å². The zero-order valence-corrected chi connectivity index (χ0v) is 13.4. The van der Waals surface area contributed by atoms with Crippen molar-refractivity contribution in [2.24, 2.45) is 0 Å². The number of fused-ring (bicyclic) bond motifs is 1. The molecule has 21 heavy (non-hydrogen) atoms. The van der Waals surface area contributed by atoms with Crippen LogP contribution < -0.4 is 10.6 Å². The quantitative estimate of drug-likeness (QED) is 0.875. The summed E-state index contributed by atoms with van der Waals surface area (Å²) in [6.45, 7) is 0.322. The fourth-order valence-corrected chi connectivity index (χ4v) is 3.42. The Bertz CT molecular complexity index is 650. The van der Waals surface area contributed by atoms with Gasteiger partial charge in [0, 0.05) is 21.6 Å². The third-order valence-electron chi connectivity index (χ3n) is 4.03. The summed E-state index contributed by atoms with van der Waals surface area (Å²) >= 11 is 3.56. The molecule has 0 heterocycles. The van der Waals surface area contributed by atoms with Crippen LogP contribution in [0.15, 0.2) is 40.9 Å². The number of anilines is 1. The number of hydrogen-bond acceptors (Lipinski definition) is 2. The lowest BCUT2D eigenvalue weighted by molar-refractivity contribution is -0.120. The third kappa shape index (κ3) is 3.38. The first-order valence-corrected chi connectivity index (χ1v) is 8.24. The van der Waals surface area contributed by atoms with Gasteiger partial charge in [-0.25, -0.2) is 0 Å². The first-order chi connectivity index (χ1) is 10.2. The molecule has 0 spiro atoms. The molecule has 110 valence electrons. The molecule has 1 aliphatic rings. The summed E-state index contributed by atoms with van der Waals surface area (Å²) in [5.74, 6) is 0.0777. The highest BCUT2D eigenvalue weighted by Gasteiger charge is 2.16. The summed E-state index contributed by atoms with van der Waals surface area (Å²) in [5.41, 5.74) is 0.996. The summed E-state index contributed by atoms with van der Waals surface area (Å²) in [4.78, 5) is 12.0. The van der Waals surface area contributed by atoms with Gasteiger partial charge in [-0.1, -0.05) is 53.0 Å². The predicted molar refractivity (Wildman–Crippen MR) is 90.5 cm³/mol. The predicted octanol–water partition coefficient (Wildman–Crippen LogP) is 4.07. The zero-order chi connectivity index (χ0) is 14.7. The van der Waals surface area contributed by atoms with Crippen LogP contribution in [0.3, 0.4) is 0 Å². The van der Waals surface area contributed by atoms with Crippen LogP contribution in [-0.4, -0.2) is 18.5 Å². The molecule has 0 aromatic heterocycles. The van der Waals surface area contributed by atoms with Crippen molar-refractivity contribution in [3.05, 3.63) is 40.9 Å². The lowest BCUT2D eigenvalue weighted by Crippen LogP contribution is -2.36. The van der Waals surface area contributed by atoms with Gasteiger partial charge in [0.25, 0.3) is 0 Å². The van der Waals surface area contributed by atoms with Gasteiger partial charge < -0.3 is 10.6 Å². The van der Waals surface area contributed by atoms with Crippen LogP contribution in [0, 0.1) is 0 Å². The van der Waals surface area contributed by atoms with Gasteiger partial charge in [-0.05, 0) is 30.4 Å². The molecule has 3 rings (SSSR count). The molecular weight excluding hydrogens is 328 g/mol. The van der Waals surface area contributed by atoms with Crippen LogP contribution in [-0.2, 0) is 4.79 Å². The molecular formula is C17H19BrN2O. The minimum atomic E-state index is 0.0777. The van der Waals surface area contributed by atoms with Gasteiger partial charge in [0.1, 0.15) is 0 Å². The average molecular weight is 347 g/mol. The van der Waals surface area contributed by atoms with Gasteiger partial charge in [0.05, 0.1) is 6.54 Å². The summed E-state index contributed by atoms with van der Waals surface area (Å²) in [7, 11) is 0. The number of benzene rings is 2. The zero-order valence-electron chi connectivity index (χ0n) is 11.9. The van der Waals surface area contributed by atoms with Crippen molar-refractivity contribution in [1.29, 1.82) is 0 Å². The number of carbonyl (C=O) groups excluding carboxylic acids is 1. The number of amides is 1. The molecule has 0 atom stereocenters. The Kier molecular flexibility index (Phi) is 4.44. The summed E-state index contributed by atoms with van der Waals surface area (Å²) in [6, 6.07) is 12.6. The largest absolute Gasteiger partial charge is 0.376 e. The smallest absolute Gasteiger partial charge is 0.239 e. The van der Waals surface area contributed by atoms with Crippen LogP contribution in [0.2, 0.25) is 0 Å². The Morgan fingerprint density at radius 1 is 1.10 bits per heavy atom. The Morgan fingerprint density at radius 2 is 1.81 bits per heavy atom. The van der Waals surface area contributed by atoms with Crippen molar-refractivity contribution in [3.8, 4) is 0 Å². The fourth-order valence-electron chi connectivity index (χ4n) is 2.94. The third-order valence-corrected chi connectivity index (χ3v) is 4.72. The molecule has 2 N–H and O–H groups in total. The van der Waals surface area contributed by atoms with Crippen molar-refractivity contribution in [2.75, 3.05) is 11.9 Å². The Hall–Kier alpha value is -1.55. The molecule has 1 saturated carbocycles. The van der Waals surface area contributed by atoms with Crippen LogP contribution in [0.4, 0.5) is 5.69 Å². The molecule has 0 aliphatic heterocycles. The monoisotopic (exact) mass is 346 g/mol. The van der Waals surface area contributed by atoms with Gasteiger partial charge in [-0.3, -0.25) is 4.79 Å². The topological polar surface area (TPSA) is 41.1 Å². The number of halogens is 1. The van der Waals surface area contributed by atoms with Crippen molar-refractivity contribution >= 4 is 38.3 Å². The van der Waals surface area contributed by atoms with Crippen molar-refractivity contribution in [3.63, 3.8) is 0 Å². The van der Waals surface area contributed by atoms with Crippen molar-refractivity contribution < 1.29 is 4.79 Å². The second-order valence-corrected chi connectivity index (χ2v) is 6.40. The molecule has 0 saturated heterocycles. The maximum Gasteiger partial charge on any atom is 0.239 e. The van der Waals surface area contributed by atoms with E-state index in [2.05, 4.69) is 38.7 Å². The minimum absolute atomic E-state index is 0.0777. The minimum Gasteiger partial charge on any atom is -0.376 e. The SMILES string of the molecule is O=C(CNc1ccc(Br)c2ccccc12)NC1CCCC1. The molecule has 0 unspecified atom stereocenters. The second-order valence-electron chi connectivity index (χ2n) is 5.54. The highest BCUT2D eigenvalue weighted by molar-refractivity contribution is 9.10. The Morgan fingerprint density at radius 3 is 2.57 bits per heavy atom. The van der Waals surface area contributed by atoms with E-state index in [0.717, 1.165) is 33.8 Å². The molecule has 0 radical (unpaired) electrons. The van der Waals surface area contributed by atoms with Gasteiger partial charge in [-0.2, -0.15) is 0 Å². The molecule has 1 fully saturated rings. The van der Waals surface area contributed by atoms with E-state index in [0.29, 0.717) is 12.6 Å². The second kappa shape index (κ2) is 6.48. The lowest BCUT2D eigenvalue weighted by atomic mass is 10.1. The fraction of sp³-hybridized carbons (Fsp3) is 0.353. The Balaban J connectivity index is 1.67. The number of nitrogens with one attached hydrogen (secondary N) is 2. The van der Waals surface area contributed by atoms with Crippen LogP contribution in [0.25, 0.3) is 10.8 Å². The summed E-state index contributed by atoms with van der Waals surface area (Å²) in [6.07, 6.45) is 4.70. The van der Waals surface area contributed by atoms with E-state index < -0.39 is 0 Å². The standard InChI is InChI=1S/C17H19BrN2O/c18-15-9-10-16(14-8-4-3-7-13(14)15)19-11-17(21)20-12-5-1-2-6-12/h3-4,7-10,12,19H,1-2,5-6,11H2,(H,20,21).